The molecule has 0 heterocycles. The summed E-state index contributed by atoms with van der Waals surface area (Å²) in [5.74, 6) is 0.967. The Kier molecular flexibility index (Phi) is 4.40. The van der Waals surface area contributed by atoms with Gasteiger partial charge in [-0.3, -0.25) is 0 Å². The van der Waals surface area contributed by atoms with Crippen LogP contribution in [0.25, 0.3) is 0 Å². The first-order chi connectivity index (χ1) is 7.50. The highest BCUT2D eigenvalue weighted by molar-refractivity contribution is 5.31. The van der Waals surface area contributed by atoms with E-state index in [2.05, 4.69) is 39.8 Å². The predicted octanol–water partition coefficient (Wildman–Crippen LogP) is 4.50. The van der Waals surface area contributed by atoms with Gasteiger partial charge >= 0.3 is 0 Å². The number of hydrogen-bond donors (Lipinski definition) is 1. The minimum absolute atomic E-state index is 0.226. The lowest BCUT2D eigenvalue weighted by Crippen LogP contribution is -2.28. The second-order valence-electron chi connectivity index (χ2n) is 5.22. The monoisotopic (exact) mass is 220 g/mol. The maximum Gasteiger partial charge on any atom is 0.115 e. The number of benzene rings is 1. The minimum Gasteiger partial charge on any atom is -0.508 e. The van der Waals surface area contributed by atoms with Crippen molar-refractivity contribution in [2.45, 2.75) is 52.4 Å². The number of phenolic OH excluding ortho intramolecular Hbond substituents is 1. The van der Waals surface area contributed by atoms with Crippen LogP contribution in [0.2, 0.25) is 0 Å². The molecule has 0 saturated heterocycles. The Morgan fingerprint density at radius 2 is 1.75 bits per heavy atom. The van der Waals surface area contributed by atoms with Gasteiger partial charge in [-0.15, -0.1) is 0 Å². The van der Waals surface area contributed by atoms with Crippen molar-refractivity contribution in [1.29, 1.82) is 0 Å². The molecular weight excluding hydrogens is 196 g/mol. The van der Waals surface area contributed by atoms with E-state index in [0.29, 0.717) is 11.7 Å². The number of phenols is 1. The largest absolute Gasteiger partial charge is 0.508 e. The Morgan fingerprint density at radius 3 is 2.19 bits per heavy atom. The summed E-state index contributed by atoms with van der Waals surface area (Å²) in [5.41, 5.74) is 1.57. The van der Waals surface area contributed by atoms with Crippen LogP contribution in [0.4, 0.5) is 0 Å². The van der Waals surface area contributed by atoms with E-state index in [1.54, 1.807) is 12.1 Å². The first kappa shape index (κ1) is 13.1. The van der Waals surface area contributed by atoms with E-state index >= 15 is 0 Å². The summed E-state index contributed by atoms with van der Waals surface area (Å²) in [5, 5.41) is 9.34. The van der Waals surface area contributed by atoms with Gasteiger partial charge in [0.1, 0.15) is 5.75 Å². The van der Waals surface area contributed by atoms with Crippen LogP contribution < -0.4 is 0 Å². The van der Waals surface area contributed by atoms with Gasteiger partial charge in [-0.1, -0.05) is 52.7 Å². The Labute approximate surface area is 99.5 Å². The predicted molar refractivity (Wildman–Crippen MR) is 69.8 cm³/mol. The van der Waals surface area contributed by atoms with Crippen LogP contribution in [-0.4, -0.2) is 5.11 Å². The van der Waals surface area contributed by atoms with Crippen LogP contribution in [0.15, 0.2) is 24.3 Å². The Balaban J connectivity index is 2.96. The number of unbranched alkanes of at least 4 members (excludes halogenated alkanes) is 1. The molecule has 1 N–H and O–H groups in total. The third kappa shape index (κ3) is 2.78. The quantitative estimate of drug-likeness (QED) is 0.774. The Morgan fingerprint density at radius 1 is 1.19 bits per heavy atom. The molecule has 1 heteroatoms. The first-order valence-corrected chi connectivity index (χ1v) is 6.30. The average Bonchev–Trinajstić information content (AvgIpc) is 2.26. The molecule has 90 valence electrons. The fourth-order valence-corrected chi connectivity index (χ4v) is 2.15. The lowest BCUT2D eigenvalue weighted by atomic mass is 9.70. The molecular formula is C15H24O. The van der Waals surface area contributed by atoms with Crippen LogP contribution in [0.3, 0.4) is 0 Å². The number of aromatic hydroxyl groups is 1. The van der Waals surface area contributed by atoms with Gasteiger partial charge in [0.2, 0.25) is 0 Å². The van der Waals surface area contributed by atoms with E-state index in [4.69, 9.17) is 0 Å². The summed E-state index contributed by atoms with van der Waals surface area (Å²) in [6, 6.07) is 7.71. The van der Waals surface area contributed by atoms with Gasteiger partial charge in [0.05, 0.1) is 0 Å². The molecule has 1 rings (SSSR count). The number of rotatable bonds is 5. The zero-order valence-corrected chi connectivity index (χ0v) is 11.0. The van der Waals surface area contributed by atoms with E-state index in [-0.39, 0.29) is 5.41 Å². The van der Waals surface area contributed by atoms with Crippen LogP contribution in [-0.2, 0) is 5.41 Å². The smallest absolute Gasteiger partial charge is 0.115 e. The summed E-state index contributed by atoms with van der Waals surface area (Å²) < 4.78 is 0. The molecule has 1 atom stereocenters. The van der Waals surface area contributed by atoms with E-state index in [1.165, 1.54) is 24.8 Å². The van der Waals surface area contributed by atoms with Gasteiger partial charge in [0.15, 0.2) is 0 Å². The summed E-state index contributed by atoms with van der Waals surface area (Å²) in [6.45, 7) is 9.13. The van der Waals surface area contributed by atoms with Crippen LogP contribution in [0.5, 0.6) is 5.75 Å². The van der Waals surface area contributed by atoms with Crippen molar-refractivity contribution >= 4 is 0 Å². The molecule has 1 aromatic carbocycles. The second kappa shape index (κ2) is 5.38. The van der Waals surface area contributed by atoms with E-state index in [0.717, 1.165) is 0 Å². The minimum atomic E-state index is 0.226. The molecule has 0 saturated carbocycles. The molecule has 1 aromatic rings. The van der Waals surface area contributed by atoms with Gasteiger partial charge in [-0.2, -0.15) is 0 Å². The van der Waals surface area contributed by atoms with Crippen molar-refractivity contribution in [2.75, 3.05) is 0 Å². The third-order valence-corrected chi connectivity index (χ3v) is 3.85. The Hall–Kier alpha value is -0.980. The zero-order chi connectivity index (χ0) is 12.2. The van der Waals surface area contributed by atoms with Gasteiger partial charge in [0.25, 0.3) is 0 Å². The van der Waals surface area contributed by atoms with Crippen molar-refractivity contribution in [3.8, 4) is 5.75 Å². The standard InChI is InChI=1S/C15H24O/c1-5-6-11-15(4,12(2)3)13-7-9-14(16)10-8-13/h7-10,12,16H,5-6,11H2,1-4H3. The molecule has 0 aromatic heterocycles. The van der Waals surface area contributed by atoms with Crippen LogP contribution in [0, 0.1) is 5.92 Å². The summed E-state index contributed by atoms with van der Waals surface area (Å²) in [4.78, 5) is 0. The molecule has 1 nitrogen and oxygen atoms in total. The van der Waals surface area contributed by atoms with Crippen molar-refractivity contribution < 1.29 is 5.11 Å². The lowest BCUT2D eigenvalue weighted by Gasteiger charge is -2.34. The molecule has 1 unspecified atom stereocenters. The molecule has 0 aliphatic rings. The SMILES string of the molecule is CCCCC(C)(c1ccc(O)cc1)C(C)C. The highest BCUT2D eigenvalue weighted by Gasteiger charge is 2.29. The van der Waals surface area contributed by atoms with Gasteiger partial charge in [0, 0.05) is 0 Å². The van der Waals surface area contributed by atoms with E-state index in [9.17, 15) is 5.11 Å². The van der Waals surface area contributed by atoms with Crippen LogP contribution in [0.1, 0.15) is 52.5 Å². The first-order valence-electron chi connectivity index (χ1n) is 6.30. The topological polar surface area (TPSA) is 20.2 Å². The maximum absolute atomic E-state index is 9.34. The van der Waals surface area contributed by atoms with Gasteiger partial charge in [-0.05, 0) is 35.4 Å². The normalized spacial score (nSPS) is 15.1. The van der Waals surface area contributed by atoms with E-state index < -0.39 is 0 Å². The van der Waals surface area contributed by atoms with Crippen molar-refractivity contribution in [2.24, 2.45) is 5.92 Å². The molecule has 0 spiro atoms. The maximum atomic E-state index is 9.34. The molecule has 0 bridgehead atoms. The highest BCUT2D eigenvalue weighted by Crippen LogP contribution is 2.37. The van der Waals surface area contributed by atoms with Crippen molar-refractivity contribution in [1.82, 2.24) is 0 Å². The zero-order valence-electron chi connectivity index (χ0n) is 11.0. The van der Waals surface area contributed by atoms with Crippen LogP contribution >= 0.6 is 0 Å². The molecule has 0 radical (unpaired) electrons. The molecule has 0 fully saturated rings. The second-order valence-corrected chi connectivity index (χ2v) is 5.22. The fraction of sp³-hybridized carbons (Fsp3) is 0.600. The molecule has 16 heavy (non-hydrogen) atoms. The Bertz CT molecular complexity index is 313. The van der Waals surface area contributed by atoms with Gasteiger partial charge in [-0.25, -0.2) is 0 Å². The van der Waals surface area contributed by atoms with Crippen molar-refractivity contribution in [3.63, 3.8) is 0 Å². The average molecular weight is 220 g/mol. The molecule has 0 amide bonds. The summed E-state index contributed by atoms with van der Waals surface area (Å²) >= 11 is 0. The van der Waals surface area contributed by atoms with E-state index in [1.807, 2.05) is 0 Å². The van der Waals surface area contributed by atoms with Crippen molar-refractivity contribution in [3.05, 3.63) is 29.8 Å². The molecule has 0 aliphatic carbocycles. The highest BCUT2D eigenvalue weighted by atomic mass is 16.3. The fourth-order valence-electron chi connectivity index (χ4n) is 2.15. The third-order valence-electron chi connectivity index (χ3n) is 3.85. The van der Waals surface area contributed by atoms with Gasteiger partial charge < -0.3 is 5.11 Å². The molecule has 0 aliphatic heterocycles. The summed E-state index contributed by atoms with van der Waals surface area (Å²) in [7, 11) is 0. The number of hydrogen-bond acceptors (Lipinski definition) is 1. The lowest BCUT2D eigenvalue weighted by molar-refractivity contribution is 0.305. The summed E-state index contributed by atoms with van der Waals surface area (Å²) in [6.07, 6.45) is 3.71.